The summed E-state index contributed by atoms with van der Waals surface area (Å²) in [4.78, 5) is 31.4. The zero-order valence-electron chi connectivity index (χ0n) is 15.4. The highest BCUT2D eigenvalue weighted by atomic mass is 16.2. The first-order valence-corrected chi connectivity index (χ1v) is 9.19. The van der Waals surface area contributed by atoms with Gasteiger partial charge in [0, 0.05) is 30.5 Å². The zero-order valence-corrected chi connectivity index (χ0v) is 15.4. The van der Waals surface area contributed by atoms with E-state index >= 15 is 0 Å². The number of carbonyl (C=O) groups excluding carboxylic acids is 2. The van der Waals surface area contributed by atoms with E-state index < -0.39 is 0 Å². The molecule has 1 aliphatic heterocycles. The number of aryl methyl sites for hydroxylation is 1. The fourth-order valence-corrected chi connectivity index (χ4v) is 3.21. The molecule has 1 fully saturated rings. The van der Waals surface area contributed by atoms with Crippen molar-refractivity contribution in [3.8, 4) is 0 Å². The normalized spacial score (nSPS) is 14.6. The summed E-state index contributed by atoms with van der Waals surface area (Å²) in [6.45, 7) is 5.51. The number of hydrogen-bond donors (Lipinski definition) is 1. The summed E-state index contributed by atoms with van der Waals surface area (Å²) in [6, 6.07) is 9.03. The van der Waals surface area contributed by atoms with Crippen LogP contribution in [-0.4, -0.2) is 34.8 Å². The van der Waals surface area contributed by atoms with Crippen LogP contribution in [0.25, 0.3) is 0 Å². The second-order valence-electron chi connectivity index (χ2n) is 6.84. The predicted octanol–water partition coefficient (Wildman–Crippen LogP) is 3.97. The molecule has 0 unspecified atom stereocenters. The molecule has 1 aliphatic rings. The summed E-state index contributed by atoms with van der Waals surface area (Å²) in [5, 5.41) is 2.93. The van der Waals surface area contributed by atoms with Crippen molar-refractivity contribution in [2.75, 3.05) is 18.4 Å². The standard InChI is InChI=1S/C21H25N3O2/c1-15-8-7-9-18(16(15)2)23-20(25)17-10-11-22-19(14-17)21(26)24-12-5-3-4-6-13-24/h7-11,14H,3-6,12-13H2,1-2H3,(H,23,25). The average Bonchev–Trinajstić information content (AvgIpc) is 2.94. The maximum atomic E-state index is 12.7. The molecular weight excluding hydrogens is 326 g/mol. The Kier molecular flexibility index (Phi) is 5.66. The van der Waals surface area contributed by atoms with Crippen molar-refractivity contribution < 1.29 is 9.59 Å². The van der Waals surface area contributed by atoms with Gasteiger partial charge in [0.1, 0.15) is 5.69 Å². The van der Waals surface area contributed by atoms with E-state index in [-0.39, 0.29) is 11.8 Å². The van der Waals surface area contributed by atoms with Crippen molar-refractivity contribution in [2.24, 2.45) is 0 Å². The quantitative estimate of drug-likeness (QED) is 0.910. The number of benzene rings is 1. The smallest absolute Gasteiger partial charge is 0.272 e. The summed E-state index contributed by atoms with van der Waals surface area (Å²) >= 11 is 0. The van der Waals surface area contributed by atoms with Crippen LogP contribution >= 0.6 is 0 Å². The number of likely N-dealkylation sites (tertiary alicyclic amines) is 1. The van der Waals surface area contributed by atoms with Gasteiger partial charge in [0.15, 0.2) is 0 Å². The van der Waals surface area contributed by atoms with Gasteiger partial charge in [-0.3, -0.25) is 14.6 Å². The minimum atomic E-state index is -0.231. The largest absolute Gasteiger partial charge is 0.337 e. The molecule has 0 saturated carbocycles. The molecule has 5 nitrogen and oxygen atoms in total. The lowest BCUT2D eigenvalue weighted by Gasteiger charge is -2.19. The fourth-order valence-electron chi connectivity index (χ4n) is 3.21. The van der Waals surface area contributed by atoms with Crippen molar-refractivity contribution in [2.45, 2.75) is 39.5 Å². The third-order valence-electron chi connectivity index (χ3n) is 4.99. The van der Waals surface area contributed by atoms with E-state index in [1.165, 1.54) is 6.20 Å². The number of nitrogens with one attached hydrogen (secondary N) is 1. The Bertz CT molecular complexity index is 809. The monoisotopic (exact) mass is 351 g/mol. The van der Waals surface area contributed by atoms with Gasteiger partial charge in [0.05, 0.1) is 0 Å². The molecule has 0 aliphatic carbocycles. The molecular formula is C21H25N3O2. The van der Waals surface area contributed by atoms with Gasteiger partial charge in [-0.15, -0.1) is 0 Å². The second-order valence-corrected chi connectivity index (χ2v) is 6.84. The maximum Gasteiger partial charge on any atom is 0.272 e. The number of anilines is 1. The molecule has 0 bridgehead atoms. The lowest BCUT2D eigenvalue weighted by Crippen LogP contribution is -2.32. The highest BCUT2D eigenvalue weighted by Gasteiger charge is 2.19. The van der Waals surface area contributed by atoms with E-state index in [1.54, 1.807) is 12.1 Å². The summed E-state index contributed by atoms with van der Waals surface area (Å²) in [6.07, 6.45) is 5.91. The van der Waals surface area contributed by atoms with Crippen LogP contribution in [-0.2, 0) is 0 Å². The van der Waals surface area contributed by atoms with Gasteiger partial charge in [-0.2, -0.15) is 0 Å². The summed E-state index contributed by atoms with van der Waals surface area (Å²) < 4.78 is 0. The van der Waals surface area contributed by atoms with Crippen LogP contribution < -0.4 is 5.32 Å². The Labute approximate surface area is 154 Å². The van der Waals surface area contributed by atoms with Gasteiger partial charge in [-0.25, -0.2) is 0 Å². The molecule has 0 radical (unpaired) electrons. The number of aromatic nitrogens is 1. The first-order chi connectivity index (χ1) is 12.6. The van der Waals surface area contributed by atoms with Crippen molar-refractivity contribution in [1.29, 1.82) is 0 Å². The molecule has 1 N–H and O–H groups in total. The van der Waals surface area contributed by atoms with E-state index in [4.69, 9.17) is 0 Å². The van der Waals surface area contributed by atoms with Crippen LogP contribution in [0, 0.1) is 13.8 Å². The highest BCUT2D eigenvalue weighted by Crippen LogP contribution is 2.19. The van der Waals surface area contributed by atoms with Crippen molar-refractivity contribution in [3.63, 3.8) is 0 Å². The Morgan fingerprint density at radius 1 is 1.04 bits per heavy atom. The molecule has 26 heavy (non-hydrogen) atoms. The minimum Gasteiger partial charge on any atom is -0.337 e. The Morgan fingerprint density at radius 3 is 2.50 bits per heavy atom. The first-order valence-electron chi connectivity index (χ1n) is 9.19. The van der Waals surface area contributed by atoms with Gasteiger partial charge < -0.3 is 10.2 Å². The van der Waals surface area contributed by atoms with E-state index in [0.29, 0.717) is 11.3 Å². The van der Waals surface area contributed by atoms with E-state index in [1.807, 2.05) is 36.9 Å². The average molecular weight is 351 g/mol. The summed E-state index contributed by atoms with van der Waals surface area (Å²) in [5.41, 5.74) is 3.72. The molecule has 1 saturated heterocycles. The van der Waals surface area contributed by atoms with Crippen LogP contribution in [0.1, 0.15) is 57.7 Å². The number of hydrogen-bond acceptors (Lipinski definition) is 3. The Hall–Kier alpha value is -2.69. The van der Waals surface area contributed by atoms with E-state index in [0.717, 1.165) is 55.6 Å². The van der Waals surface area contributed by atoms with Crippen LogP contribution in [0.4, 0.5) is 5.69 Å². The SMILES string of the molecule is Cc1cccc(NC(=O)c2ccnc(C(=O)N3CCCCCC3)c2)c1C. The van der Waals surface area contributed by atoms with E-state index in [2.05, 4.69) is 10.3 Å². The molecule has 2 aromatic rings. The van der Waals surface area contributed by atoms with Gasteiger partial charge in [0.25, 0.3) is 11.8 Å². The Morgan fingerprint density at radius 2 is 1.77 bits per heavy atom. The van der Waals surface area contributed by atoms with Gasteiger partial charge >= 0.3 is 0 Å². The van der Waals surface area contributed by atoms with Crippen molar-refractivity contribution in [3.05, 3.63) is 58.9 Å². The van der Waals surface area contributed by atoms with Crippen LogP contribution in [0.3, 0.4) is 0 Å². The molecule has 3 rings (SSSR count). The van der Waals surface area contributed by atoms with E-state index in [9.17, 15) is 9.59 Å². The summed E-state index contributed by atoms with van der Waals surface area (Å²) in [5.74, 6) is -0.320. The fraction of sp³-hybridized carbons (Fsp3) is 0.381. The molecule has 136 valence electrons. The topological polar surface area (TPSA) is 62.3 Å². The first kappa shape index (κ1) is 18.1. The van der Waals surface area contributed by atoms with Crippen molar-refractivity contribution in [1.82, 2.24) is 9.88 Å². The molecule has 5 heteroatoms. The van der Waals surface area contributed by atoms with Gasteiger partial charge in [-0.1, -0.05) is 25.0 Å². The van der Waals surface area contributed by atoms with Crippen LogP contribution in [0.5, 0.6) is 0 Å². The van der Waals surface area contributed by atoms with Gasteiger partial charge in [0.2, 0.25) is 0 Å². The van der Waals surface area contributed by atoms with Crippen LogP contribution in [0.15, 0.2) is 36.5 Å². The molecule has 0 spiro atoms. The number of nitrogens with zero attached hydrogens (tertiary/aromatic N) is 2. The molecule has 2 amide bonds. The van der Waals surface area contributed by atoms with Crippen molar-refractivity contribution >= 4 is 17.5 Å². The van der Waals surface area contributed by atoms with Crippen LogP contribution in [0.2, 0.25) is 0 Å². The molecule has 0 atom stereocenters. The second kappa shape index (κ2) is 8.13. The third-order valence-corrected chi connectivity index (χ3v) is 4.99. The minimum absolute atomic E-state index is 0.0895. The highest BCUT2D eigenvalue weighted by molar-refractivity contribution is 6.06. The number of pyridine rings is 1. The zero-order chi connectivity index (χ0) is 18.5. The maximum absolute atomic E-state index is 12.7. The van der Waals surface area contributed by atoms with Gasteiger partial charge in [-0.05, 0) is 56.0 Å². The number of rotatable bonds is 3. The predicted molar refractivity (Wildman–Crippen MR) is 102 cm³/mol. The summed E-state index contributed by atoms with van der Waals surface area (Å²) in [7, 11) is 0. The third kappa shape index (κ3) is 4.10. The lowest BCUT2D eigenvalue weighted by molar-refractivity contribution is 0.0755. The number of carbonyl (C=O) groups is 2. The molecule has 1 aromatic heterocycles. The lowest BCUT2D eigenvalue weighted by atomic mass is 10.1. The Balaban J connectivity index is 1.76. The number of amides is 2. The molecule has 2 heterocycles. The molecule has 1 aromatic carbocycles.